The Morgan fingerprint density at radius 1 is 1.11 bits per heavy atom. The van der Waals surface area contributed by atoms with Gasteiger partial charge in [0.25, 0.3) is 5.56 Å². The van der Waals surface area contributed by atoms with E-state index in [1.54, 1.807) is 10.6 Å². The van der Waals surface area contributed by atoms with Crippen molar-refractivity contribution >= 4 is 28.4 Å². The van der Waals surface area contributed by atoms with Crippen LogP contribution in [0.15, 0.2) is 58.5 Å². The number of benzene rings is 2. The Labute approximate surface area is 207 Å². The maximum Gasteiger partial charge on any atom is 0.262 e. The van der Waals surface area contributed by atoms with E-state index < -0.39 is 0 Å². The molecular formula is C27H27N3O4S. The van der Waals surface area contributed by atoms with Gasteiger partial charge in [0.05, 0.1) is 16.7 Å². The summed E-state index contributed by atoms with van der Waals surface area (Å²) in [4.78, 5) is 31.3. The lowest BCUT2D eigenvalue weighted by Crippen LogP contribution is -2.26. The van der Waals surface area contributed by atoms with Gasteiger partial charge in [0, 0.05) is 34.7 Å². The minimum Gasteiger partial charge on any atom is -0.454 e. The van der Waals surface area contributed by atoms with Crippen LogP contribution in [-0.2, 0) is 0 Å². The highest BCUT2D eigenvalue weighted by Crippen LogP contribution is 2.35. The topological polar surface area (TPSA) is 75.3 Å². The van der Waals surface area contributed by atoms with Gasteiger partial charge in [-0.2, -0.15) is 0 Å². The van der Waals surface area contributed by atoms with E-state index in [1.165, 1.54) is 11.8 Å². The van der Waals surface area contributed by atoms with Gasteiger partial charge in [0.1, 0.15) is 0 Å². The number of Topliss-reactive ketones (excluding diaryl/α,β-unsaturated/α-hetero) is 1. The van der Waals surface area contributed by atoms with Crippen LogP contribution in [0.4, 0.5) is 0 Å². The van der Waals surface area contributed by atoms with Crippen LogP contribution in [0.2, 0.25) is 0 Å². The van der Waals surface area contributed by atoms with Crippen molar-refractivity contribution in [3.8, 4) is 17.2 Å². The summed E-state index contributed by atoms with van der Waals surface area (Å²) < 4.78 is 14.7. The number of hydrogen-bond donors (Lipinski definition) is 0. The molecular weight excluding hydrogens is 462 g/mol. The number of nitrogens with zero attached hydrogens (tertiary/aromatic N) is 3. The molecule has 0 aliphatic carbocycles. The lowest BCUT2D eigenvalue weighted by atomic mass is 10.2. The molecule has 180 valence electrons. The van der Waals surface area contributed by atoms with Crippen molar-refractivity contribution in [3.63, 3.8) is 0 Å². The van der Waals surface area contributed by atoms with Crippen molar-refractivity contribution in [3.05, 3.63) is 75.8 Å². The van der Waals surface area contributed by atoms with Gasteiger partial charge in [0.2, 0.25) is 6.79 Å². The van der Waals surface area contributed by atoms with E-state index in [4.69, 9.17) is 14.5 Å². The summed E-state index contributed by atoms with van der Waals surface area (Å²) in [5.41, 5.74) is 3.96. The van der Waals surface area contributed by atoms with E-state index in [9.17, 15) is 9.59 Å². The number of rotatable bonds is 7. The molecule has 5 rings (SSSR count). The minimum atomic E-state index is -0.0686. The molecule has 0 saturated heterocycles. The molecule has 0 saturated carbocycles. The fourth-order valence-corrected chi connectivity index (χ4v) is 5.45. The molecule has 3 heterocycles. The molecule has 1 aliphatic rings. The number of fused-ring (bicyclic) bond motifs is 2. The van der Waals surface area contributed by atoms with Gasteiger partial charge in [-0.3, -0.25) is 14.2 Å². The Bertz CT molecular complexity index is 1500. The Morgan fingerprint density at radius 2 is 1.89 bits per heavy atom. The van der Waals surface area contributed by atoms with Crippen LogP contribution in [0.1, 0.15) is 48.1 Å². The highest BCUT2D eigenvalue weighted by molar-refractivity contribution is 7.99. The predicted molar refractivity (Wildman–Crippen MR) is 137 cm³/mol. The summed E-state index contributed by atoms with van der Waals surface area (Å²) in [6.45, 7) is 8.18. The summed E-state index contributed by atoms with van der Waals surface area (Å²) in [7, 11) is 0. The highest BCUT2D eigenvalue weighted by Gasteiger charge is 2.21. The van der Waals surface area contributed by atoms with Gasteiger partial charge in [0.15, 0.2) is 22.4 Å². The van der Waals surface area contributed by atoms with Crippen molar-refractivity contribution in [2.75, 3.05) is 12.5 Å². The summed E-state index contributed by atoms with van der Waals surface area (Å²) in [6.07, 6.45) is 0.790. The van der Waals surface area contributed by atoms with Gasteiger partial charge in [-0.1, -0.05) is 30.8 Å². The summed E-state index contributed by atoms with van der Waals surface area (Å²) in [5.74, 6) is 1.60. The van der Waals surface area contributed by atoms with Crippen molar-refractivity contribution in [1.29, 1.82) is 0 Å². The first kappa shape index (κ1) is 23.2. The van der Waals surface area contributed by atoms with E-state index in [2.05, 4.69) is 0 Å². The molecule has 2 aromatic carbocycles. The molecule has 1 atom stereocenters. The third kappa shape index (κ3) is 4.12. The van der Waals surface area contributed by atoms with E-state index in [1.807, 2.05) is 74.7 Å². The summed E-state index contributed by atoms with van der Waals surface area (Å²) in [6, 6.07) is 15.0. The lowest BCUT2D eigenvalue weighted by Gasteiger charge is -2.18. The molecule has 0 fully saturated rings. The monoisotopic (exact) mass is 489 g/mol. The van der Waals surface area contributed by atoms with Gasteiger partial charge in [-0.15, -0.1) is 0 Å². The predicted octanol–water partition coefficient (Wildman–Crippen LogP) is 5.48. The normalized spacial score (nSPS) is 13.4. The van der Waals surface area contributed by atoms with Crippen LogP contribution in [-0.4, -0.2) is 32.4 Å². The van der Waals surface area contributed by atoms with Crippen molar-refractivity contribution < 1.29 is 14.3 Å². The molecule has 7 nitrogen and oxygen atoms in total. The number of aromatic nitrogens is 3. The molecule has 35 heavy (non-hydrogen) atoms. The maximum atomic E-state index is 13.3. The number of hydrogen-bond acceptors (Lipinski definition) is 6. The number of para-hydroxylation sites is 1. The number of carbonyl (C=O) groups excluding carboxylic acids is 1. The second kappa shape index (κ2) is 9.26. The van der Waals surface area contributed by atoms with E-state index in [0.717, 1.165) is 29.2 Å². The first-order chi connectivity index (χ1) is 16.9. The average molecular weight is 490 g/mol. The summed E-state index contributed by atoms with van der Waals surface area (Å²) >= 11 is 1.32. The number of ketones is 1. The van der Waals surface area contributed by atoms with Gasteiger partial charge < -0.3 is 14.0 Å². The second-order valence-corrected chi connectivity index (χ2v) is 9.66. The second-order valence-electron chi connectivity index (χ2n) is 8.71. The van der Waals surface area contributed by atoms with Crippen molar-refractivity contribution in [2.24, 2.45) is 0 Å². The molecule has 0 bridgehead atoms. The average Bonchev–Trinajstić information content (AvgIpc) is 3.45. The number of thioether (sulfide) groups is 1. The van der Waals surface area contributed by atoms with E-state index in [0.29, 0.717) is 27.4 Å². The molecule has 0 unspecified atom stereocenters. The van der Waals surface area contributed by atoms with Crippen LogP contribution < -0.4 is 15.0 Å². The molecule has 1 aliphatic heterocycles. The molecule has 4 aromatic rings. The third-order valence-electron chi connectivity index (χ3n) is 6.49. The van der Waals surface area contributed by atoms with Crippen LogP contribution in [0.3, 0.4) is 0 Å². The van der Waals surface area contributed by atoms with E-state index in [-0.39, 0.29) is 29.9 Å². The van der Waals surface area contributed by atoms with Crippen LogP contribution in [0.5, 0.6) is 11.5 Å². The Morgan fingerprint density at radius 3 is 2.69 bits per heavy atom. The standard InChI is InChI=1S/C27H27N3O4S/c1-5-16(2)30-26(32)20-8-6-7-9-22(20)28-27(30)35-14-23(31)21-12-17(3)29(18(21)4)19-10-11-24-25(13-19)34-15-33-24/h6-13,16H,5,14-15H2,1-4H3/t16-/m1/s1. The maximum absolute atomic E-state index is 13.3. The quantitative estimate of drug-likeness (QED) is 0.194. The first-order valence-corrected chi connectivity index (χ1v) is 12.6. The zero-order valence-corrected chi connectivity index (χ0v) is 21.0. The molecule has 0 N–H and O–H groups in total. The zero-order chi connectivity index (χ0) is 24.7. The lowest BCUT2D eigenvalue weighted by molar-refractivity contribution is 0.102. The molecule has 0 amide bonds. The highest BCUT2D eigenvalue weighted by atomic mass is 32.2. The van der Waals surface area contributed by atoms with Crippen LogP contribution in [0, 0.1) is 13.8 Å². The van der Waals surface area contributed by atoms with Gasteiger partial charge in [-0.25, -0.2) is 4.98 Å². The number of aryl methyl sites for hydroxylation is 1. The van der Waals surface area contributed by atoms with Crippen LogP contribution in [0.25, 0.3) is 16.6 Å². The summed E-state index contributed by atoms with van der Waals surface area (Å²) in [5, 5.41) is 1.16. The Hall–Kier alpha value is -3.52. The molecule has 8 heteroatoms. The SMILES string of the molecule is CC[C@@H](C)n1c(SCC(=O)c2cc(C)n(-c3ccc4c(c3)OCO4)c2C)nc2ccccc2c1=O. The molecule has 0 spiro atoms. The number of ether oxygens (including phenoxy) is 2. The van der Waals surface area contributed by atoms with Crippen LogP contribution >= 0.6 is 11.8 Å². The third-order valence-corrected chi connectivity index (χ3v) is 7.44. The van der Waals surface area contributed by atoms with Gasteiger partial charge >= 0.3 is 0 Å². The first-order valence-electron chi connectivity index (χ1n) is 11.6. The molecule has 0 radical (unpaired) electrons. The molecule has 2 aromatic heterocycles. The smallest absolute Gasteiger partial charge is 0.262 e. The van der Waals surface area contributed by atoms with E-state index >= 15 is 0 Å². The Balaban J connectivity index is 1.45. The minimum absolute atomic E-state index is 0.00629. The number of carbonyl (C=O) groups is 1. The fraction of sp³-hybridized carbons (Fsp3) is 0.296. The van der Waals surface area contributed by atoms with Crippen molar-refractivity contribution in [1.82, 2.24) is 14.1 Å². The largest absolute Gasteiger partial charge is 0.454 e. The van der Waals surface area contributed by atoms with Gasteiger partial charge in [-0.05, 0) is 57.5 Å². The zero-order valence-electron chi connectivity index (χ0n) is 20.2. The fourth-order valence-electron chi connectivity index (χ4n) is 4.47. The van der Waals surface area contributed by atoms with Crippen molar-refractivity contribution in [2.45, 2.75) is 45.3 Å². The Kier molecular flexibility index (Phi) is 6.15.